The molecule has 0 unspecified atom stereocenters. The molecule has 1 rings (SSSR count). The lowest BCUT2D eigenvalue weighted by Crippen LogP contribution is -2.52. The van der Waals surface area contributed by atoms with Crippen LogP contribution in [-0.4, -0.2) is 41.6 Å². The van der Waals surface area contributed by atoms with E-state index >= 15 is 0 Å². The molecule has 0 bridgehead atoms. The summed E-state index contributed by atoms with van der Waals surface area (Å²) >= 11 is 0. The molecule has 0 aliphatic carbocycles. The molecule has 2 amide bonds. The van der Waals surface area contributed by atoms with Crippen LogP contribution in [-0.2, 0) is 9.59 Å². The summed E-state index contributed by atoms with van der Waals surface area (Å²) in [5, 5.41) is 10.9. The predicted molar refractivity (Wildman–Crippen MR) is 31.8 cm³/mol. The van der Waals surface area contributed by atoms with Crippen LogP contribution in [0.3, 0.4) is 0 Å². The van der Waals surface area contributed by atoms with E-state index in [0.717, 1.165) is 4.90 Å². The standard InChI is InChI=1S/C5H8N2O3/c8-3-7-2-1-6-4(9)5(7)10/h8H,1-3H2,(H,6,9). The Labute approximate surface area is 57.6 Å². The minimum absolute atomic E-state index is 0.383. The van der Waals surface area contributed by atoms with Gasteiger partial charge in [0.15, 0.2) is 0 Å². The predicted octanol–water partition coefficient (Wildman–Crippen LogP) is -2.11. The summed E-state index contributed by atoms with van der Waals surface area (Å²) in [5.41, 5.74) is 0. The summed E-state index contributed by atoms with van der Waals surface area (Å²) in [6.45, 7) is 0.429. The van der Waals surface area contributed by atoms with Crippen molar-refractivity contribution >= 4 is 11.8 Å². The number of rotatable bonds is 1. The third kappa shape index (κ3) is 1.08. The monoisotopic (exact) mass is 144 g/mol. The van der Waals surface area contributed by atoms with Crippen molar-refractivity contribution in [1.29, 1.82) is 0 Å². The largest absolute Gasteiger partial charge is 0.376 e. The molecule has 1 fully saturated rings. The molecule has 0 spiro atoms. The zero-order valence-electron chi connectivity index (χ0n) is 5.33. The zero-order valence-corrected chi connectivity index (χ0v) is 5.33. The molecule has 1 aliphatic heterocycles. The lowest BCUT2D eigenvalue weighted by Gasteiger charge is -2.23. The normalized spacial score (nSPS) is 19.1. The highest BCUT2D eigenvalue weighted by Gasteiger charge is 2.24. The van der Waals surface area contributed by atoms with Gasteiger partial charge in [0.2, 0.25) is 0 Å². The summed E-state index contributed by atoms with van der Waals surface area (Å²) in [7, 11) is 0. The fraction of sp³-hybridized carbons (Fsp3) is 0.600. The number of hydrogen-bond donors (Lipinski definition) is 2. The van der Waals surface area contributed by atoms with Gasteiger partial charge in [-0.05, 0) is 0 Å². The van der Waals surface area contributed by atoms with Gasteiger partial charge in [0.1, 0.15) is 6.73 Å². The first-order chi connectivity index (χ1) is 4.75. The molecule has 0 radical (unpaired) electrons. The number of piperazine rings is 1. The third-order valence-corrected chi connectivity index (χ3v) is 1.32. The Morgan fingerprint density at radius 2 is 2.30 bits per heavy atom. The highest BCUT2D eigenvalue weighted by Crippen LogP contribution is 1.92. The van der Waals surface area contributed by atoms with Gasteiger partial charge in [-0.3, -0.25) is 9.59 Å². The number of aliphatic hydroxyl groups excluding tert-OH is 1. The molecule has 0 aromatic carbocycles. The van der Waals surface area contributed by atoms with Gasteiger partial charge >= 0.3 is 11.8 Å². The van der Waals surface area contributed by atoms with Gasteiger partial charge in [0.05, 0.1) is 0 Å². The van der Waals surface area contributed by atoms with E-state index in [9.17, 15) is 9.59 Å². The number of carbonyl (C=O) groups is 2. The van der Waals surface area contributed by atoms with E-state index in [1.54, 1.807) is 0 Å². The van der Waals surface area contributed by atoms with Crippen molar-refractivity contribution in [3.8, 4) is 0 Å². The number of aliphatic hydroxyl groups is 1. The Kier molecular flexibility index (Phi) is 1.86. The number of amides is 2. The van der Waals surface area contributed by atoms with Gasteiger partial charge in [0, 0.05) is 13.1 Å². The fourth-order valence-electron chi connectivity index (χ4n) is 0.760. The molecule has 5 nitrogen and oxygen atoms in total. The molecule has 0 aromatic heterocycles. The second kappa shape index (κ2) is 2.66. The van der Waals surface area contributed by atoms with E-state index in [0.29, 0.717) is 13.1 Å². The lowest BCUT2D eigenvalue weighted by atomic mass is 10.4. The van der Waals surface area contributed by atoms with Gasteiger partial charge in [-0.25, -0.2) is 0 Å². The van der Waals surface area contributed by atoms with Crippen LogP contribution in [0.2, 0.25) is 0 Å². The third-order valence-electron chi connectivity index (χ3n) is 1.32. The maximum atomic E-state index is 10.7. The van der Waals surface area contributed by atoms with E-state index in [4.69, 9.17) is 5.11 Å². The highest BCUT2D eigenvalue weighted by atomic mass is 16.3. The SMILES string of the molecule is O=C1NCCN(CO)C1=O. The maximum absolute atomic E-state index is 10.7. The van der Waals surface area contributed by atoms with Crippen LogP contribution in [0.5, 0.6) is 0 Å². The van der Waals surface area contributed by atoms with E-state index in [1.165, 1.54) is 0 Å². The van der Waals surface area contributed by atoms with Gasteiger partial charge in [-0.2, -0.15) is 0 Å². The van der Waals surface area contributed by atoms with Crippen molar-refractivity contribution < 1.29 is 14.7 Å². The first kappa shape index (κ1) is 7.01. The van der Waals surface area contributed by atoms with E-state index < -0.39 is 11.8 Å². The summed E-state index contributed by atoms with van der Waals surface area (Å²) in [5.74, 6) is -1.30. The summed E-state index contributed by atoms with van der Waals surface area (Å²) in [6.07, 6.45) is 0. The lowest BCUT2D eigenvalue weighted by molar-refractivity contribution is -0.150. The van der Waals surface area contributed by atoms with Crippen LogP contribution >= 0.6 is 0 Å². The number of carbonyl (C=O) groups excluding carboxylic acids is 2. The molecule has 0 saturated carbocycles. The summed E-state index contributed by atoms with van der Waals surface area (Å²) in [6, 6.07) is 0. The molecule has 1 saturated heterocycles. The average molecular weight is 144 g/mol. The minimum atomic E-state index is -0.659. The van der Waals surface area contributed by atoms with E-state index in [1.807, 2.05) is 0 Å². The molecule has 2 N–H and O–H groups in total. The summed E-state index contributed by atoms with van der Waals surface area (Å²) in [4.78, 5) is 22.3. The van der Waals surface area contributed by atoms with E-state index in [2.05, 4.69) is 5.32 Å². The van der Waals surface area contributed by atoms with Crippen molar-refractivity contribution in [2.24, 2.45) is 0 Å². The quantitative estimate of drug-likeness (QED) is 0.414. The molecular weight excluding hydrogens is 136 g/mol. The maximum Gasteiger partial charge on any atom is 0.313 e. The second-order valence-corrected chi connectivity index (χ2v) is 1.97. The molecule has 0 aromatic rings. The first-order valence-corrected chi connectivity index (χ1v) is 2.93. The molecule has 56 valence electrons. The molecule has 0 atom stereocenters. The zero-order chi connectivity index (χ0) is 7.56. The van der Waals surface area contributed by atoms with Crippen molar-refractivity contribution in [2.45, 2.75) is 0 Å². The van der Waals surface area contributed by atoms with Crippen LogP contribution in [0.4, 0.5) is 0 Å². The van der Waals surface area contributed by atoms with Gasteiger partial charge in [-0.1, -0.05) is 0 Å². The fourth-order valence-corrected chi connectivity index (χ4v) is 0.760. The Hall–Kier alpha value is -1.10. The van der Waals surface area contributed by atoms with E-state index in [-0.39, 0.29) is 6.73 Å². The Bertz CT molecular complexity index is 168. The van der Waals surface area contributed by atoms with Crippen molar-refractivity contribution in [1.82, 2.24) is 10.2 Å². The van der Waals surface area contributed by atoms with Crippen molar-refractivity contribution in [2.75, 3.05) is 19.8 Å². The van der Waals surface area contributed by atoms with Crippen LogP contribution in [0.15, 0.2) is 0 Å². The van der Waals surface area contributed by atoms with Crippen LogP contribution in [0, 0.1) is 0 Å². The van der Waals surface area contributed by atoms with Gasteiger partial charge in [0.25, 0.3) is 0 Å². The van der Waals surface area contributed by atoms with Crippen LogP contribution < -0.4 is 5.32 Å². The van der Waals surface area contributed by atoms with Crippen molar-refractivity contribution in [3.63, 3.8) is 0 Å². The van der Waals surface area contributed by atoms with Crippen LogP contribution in [0.25, 0.3) is 0 Å². The first-order valence-electron chi connectivity index (χ1n) is 2.93. The second-order valence-electron chi connectivity index (χ2n) is 1.97. The number of nitrogens with zero attached hydrogens (tertiary/aromatic N) is 1. The number of nitrogens with one attached hydrogen (secondary N) is 1. The molecule has 1 heterocycles. The Morgan fingerprint density at radius 1 is 1.60 bits per heavy atom. The topological polar surface area (TPSA) is 69.6 Å². The molecule has 10 heavy (non-hydrogen) atoms. The van der Waals surface area contributed by atoms with Crippen molar-refractivity contribution in [3.05, 3.63) is 0 Å². The minimum Gasteiger partial charge on any atom is -0.376 e. The Morgan fingerprint density at radius 3 is 2.80 bits per heavy atom. The molecule has 1 aliphatic rings. The van der Waals surface area contributed by atoms with Gasteiger partial charge in [-0.15, -0.1) is 0 Å². The molecular formula is C5H8N2O3. The highest BCUT2D eigenvalue weighted by molar-refractivity contribution is 6.35. The van der Waals surface area contributed by atoms with Gasteiger partial charge < -0.3 is 15.3 Å². The average Bonchev–Trinajstić information content (AvgIpc) is 1.95. The van der Waals surface area contributed by atoms with Crippen LogP contribution in [0.1, 0.15) is 0 Å². The number of hydrogen-bond acceptors (Lipinski definition) is 3. The Balaban J connectivity index is 2.60. The summed E-state index contributed by atoms with van der Waals surface area (Å²) < 4.78 is 0. The molecule has 5 heteroatoms. The smallest absolute Gasteiger partial charge is 0.313 e.